The van der Waals surface area contributed by atoms with E-state index in [1.165, 1.54) is 24.3 Å². The van der Waals surface area contributed by atoms with Crippen molar-refractivity contribution >= 4 is 11.7 Å². The van der Waals surface area contributed by atoms with Crippen molar-refractivity contribution in [2.24, 2.45) is 0 Å². The van der Waals surface area contributed by atoms with Gasteiger partial charge in [0, 0.05) is 11.8 Å². The van der Waals surface area contributed by atoms with Crippen LogP contribution in [-0.2, 0) is 0 Å². The van der Waals surface area contributed by atoms with Crippen LogP contribution < -0.4 is 5.32 Å². The second-order valence-corrected chi connectivity index (χ2v) is 3.70. The van der Waals surface area contributed by atoms with Crippen molar-refractivity contribution in [1.29, 1.82) is 0 Å². The maximum Gasteiger partial charge on any atom is 0.268 e. The fraction of sp³-hybridized carbons (Fsp3) is 0.0769. The molecule has 0 radical (unpaired) electrons. The third kappa shape index (κ3) is 2.82. The molecule has 0 aliphatic carbocycles. The molecule has 0 fully saturated rings. The lowest BCUT2D eigenvalue weighted by molar-refractivity contribution is 0.0901. The Morgan fingerprint density at radius 3 is 2.50 bits per heavy atom. The highest BCUT2D eigenvalue weighted by Crippen LogP contribution is 2.03. The number of aromatic nitrogens is 1. The van der Waals surface area contributed by atoms with Gasteiger partial charge in [-0.15, -0.1) is 0 Å². The topological polar surface area (TPSA) is 62.0 Å². The molecule has 0 aliphatic heterocycles. The van der Waals surface area contributed by atoms with Crippen LogP contribution in [0.1, 0.15) is 20.8 Å². The van der Waals surface area contributed by atoms with Crippen molar-refractivity contribution in [2.45, 2.75) is 0 Å². The molecule has 0 saturated carbocycles. The molecule has 0 unspecified atom stereocenters. The molecule has 1 heterocycles. The number of hydrogen-bond acceptors (Lipinski definition) is 2. The van der Waals surface area contributed by atoms with E-state index >= 15 is 0 Å². The van der Waals surface area contributed by atoms with Gasteiger partial charge in [0.1, 0.15) is 11.5 Å². The summed E-state index contributed by atoms with van der Waals surface area (Å²) in [5, 5.41) is 2.48. The third-order valence-corrected chi connectivity index (χ3v) is 2.42. The van der Waals surface area contributed by atoms with E-state index < -0.39 is 5.82 Å². The SMILES string of the molecule is O=C(CNC(=O)c1ccc[nH]1)c1ccc(F)cc1. The molecule has 2 N–H and O–H groups in total. The number of carbonyl (C=O) groups is 2. The number of halogens is 1. The number of Topliss-reactive ketones (excluding diaryl/α,β-unsaturated/α-hetero) is 1. The van der Waals surface area contributed by atoms with Crippen LogP contribution >= 0.6 is 0 Å². The largest absolute Gasteiger partial charge is 0.357 e. The van der Waals surface area contributed by atoms with E-state index in [4.69, 9.17) is 0 Å². The van der Waals surface area contributed by atoms with E-state index in [1.54, 1.807) is 18.3 Å². The van der Waals surface area contributed by atoms with Crippen LogP contribution in [0.15, 0.2) is 42.6 Å². The number of carbonyl (C=O) groups excluding carboxylic acids is 2. The summed E-state index contributed by atoms with van der Waals surface area (Å²) < 4.78 is 12.7. The zero-order chi connectivity index (χ0) is 13.0. The molecule has 5 heteroatoms. The van der Waals surface area contributed by atoms with Crippen LogP contribution in [0.3, 0.4) is 0 Å². The summed E-state index contributed by atoms with van der Waals surface area (Å²) in [6.45, 7) is -0.122. The first-order chi connectivity index (χ1) is 8.66. The Morgan fingerprint density at radius 1 is 1.17 bits per heavy atom. The summed E-state index contributed by atoms with van der Waals surface area (Å²) in [5.41, 5.74) is 0.755. The third-order valence-electron chi connectivity index (χ3n) is 2.42. The average molecular weight is 246 g/mol. The van der Waals surface area contributed by atoms with Crippen molar-refractivity contribution in [2.75, 3.05) is 6.54 Å². The first kappa shape index (κ1) is 12.0. The molecule has 2 aromatic rings. The van der Waals surface area contributed by atoms with Gasteiger partial charge in [-0.3, -0.25) is 9.59 Å². The lowest BCUT2D eigenvalue weighted by Gasteiger charge is -2.03. The molecule has 1 aromatic heterocycles. The summed E-state index contributed by atoms with van der Waals surface area (Å²) in [6.07, 6.45) is 1.62. The molecule has 1 aromatic carbocycles. The Labute approximate surface area is 103 Å². The molecule has 92 valence electrons. The molecule has 0 saturated heterocycles. The number of amides is 1. The minimum atomic E-state index is -0.401. The Kier molecular flexibility index (Phi) is 3.52. The highest BCUT2D eigenvalue weighted by atomic mass is 19.1. The Hall–Kier alpha value is -2.43. The molecule has 4 nitrogen and oxygen atoms in total. The quantitative estimate of drug-likeness (QED) is 0.807. The average Bonchev–Trinajstić information content (AvgIpc) is 2.90. The van der Waals surface area contributed by atoms with Gasteiger partial charge >= 0.3 is 0 Å². The Balaban J connectivity index is 1.92. The molecular weight excluding hydrogens is 235 g/mol. The number of H-pyrrole nitrogens is 1. The molecule has 0 atom stereocenters. The highest BCUT2D eigenvalue weighted by Gasteiger charge is 2.10. The zero-order valence-electron chi connectivity index (χ0n) is 9.44. The number of ketones is 1. The van der Waals surface area contributed by atoms with E-state index in [0.717, 1.165) is 0 Å². The number of benzene rings is 1. The number of rotatable bonds is 4. The highest BCUT2D eigenvalue weighted by molar-refractivity contribution is 6.01. The molecule has 2 rings (SSSR count). The predicted molar refractivity (Wildman–Crippen MR) is 63.9 cm³/mol. The number of nitrogens with one attached hydrogen (secondary N) is 2. The molecule has 0 spiro atoms. The standard InChI is InChI=1S/C13H11FN2O2/c14-10-5-3-9(4-6-10)12(17)8-16-13(18)11-2-1-7-15-11/h1-7,15H,8H2,(H,16,18). The van der Waals surface area contributed by atoms with E-state index in [-0.39, 0.29) is 18.2 Å². The van der Waals surface area contributed by atoms with Gasteiger partial charge in [-0.2, -0.15) is 0 Å². The van der Waals surface area contributed by atoms with E-state index in [0.29, 0.717) is 11.3 Å². The van der Waals surface area contributed by atoms with E-state index in [9.17, 15) is 14.0 Å². The number of hydrogen-bond donors (Lipinski definition) is 2. The first-order valence-corrected chi connectivity index (χ1v) is 5.37. The van der Waals surface area contributed by atoms with Crippen molar-refractivity contribution in [1.82, 2.24) is 10.3 Å². The van der Waals surface area contributed by atoms with Crippen LogP contribution in [0.25, 0.3) is 0 Å². The fourth-order valence-corrected chi connectivity index (χ4v) is 1.47. The van der Waals surface area contributed by atoms with Gasteiger partial charge < -0.3 is 10.3 Å². The van der Waals surface area contributed by atoms with E-state index in [1.807, 2.05) is 0 Å². The minimum Gasteiger partial charge on any atom is -0.357 e. The van der Waals surface area contributed by atoms with Gasteiger partial charge in [-0.25, -0.2) is 4.39 Å². The second kappa shape index (κ2) is 5.27. The van der Waals surface area contributed by atoms with Gasteiger partial charge in [-0.05, 0) is 36.4 Å². The Morgan fingerprint density at radius 2 is 1.89 bits per heavy atom. The van der Waals surface area contributed by atoms with Crippen molar-refractivity contribution in [3.8, 4) is 0 Å². The van der Waals surface area contributed by atoms with Gasteiger partial charge in [0.15, 0.2) is 5.78 Å². The lowest BCUT2D eigenvalue weighted by Crippen LogP contribution is -2.29. The van der Waals surface area contributed by atoms with Crippen LogP contribution in [0, 0.1) is 5.82 Å². The summed E-state index contributed by atoms with van der Waals surface area (Å²) in [4.78, 5) is 26.0. The maximum absolute atomic E-state index is 12.7. The van der Waals surface area contributed by atoms with Crippen molar-refractivity contribution in [3.63, 3.8) is 0 Å². The summed E-state index contributed by atoms with van der Waals surface area (Å²) in [5.74, 6) is -1.02. The lowest BCUT2D eigenvalue weighted by atomic mass is 10.1. The summed E-state index contributed by atoms with van der Waals surface area (Å²) in [7, 11) is 0. The van der Waals surface area contributed by atoms with Gasteiger partial charge in [0.2, 0.25) is 0 Å². The second-order valence-electron chi connectivity index (χ2n) is 3.70. The van der Waals surface area contributed by atoms with Gasteiger partial charge in [-0.1, -0.05) is 0 Å². The summed E-state index contributed by atoms with van der Waals surface area (Å²) >= 11 is 0. The fourth-order valence-electron chi connectivity index (χ4n) is 1.47. The van der Waals surface area contributed by atoms with Gasteiger partial charge in [0.25, 0.3) is 5.91 Å². The van der Waals surface area contributed by atoms with E-state index in [2.05, 4.69) is 10.3 Å². The number of aromatic amines is 1. The van der Waals surface area contributed by atoms with Crippen LogP contribution in [0.5, 0.6) is 0 Å². The molecule has 1 amide bonds. The van der Waals surface area contributed by atoms with Crippen LogP contribution in [-0.4, -0.2) is 23.2 Å². The molecular formula is C13H11FN2O2. The normalized spacial score (nSPS) is 10.1. The maximum atomic E-state index is 12.7. The predicted octanol–water partition coefficient (Wildman–Crippen LogP) is 1.77. The van der Waals surface area contributed by atoms with Gasteiger partial charge in [0.05, 0.1) is 6.54 Å². The smallest absolute Gasteiger partial charge is 0.268 e. The first-order valence-electron chi connectivity index (χ1n) is 5.37. The van der Waals surface area contributed by atoms with Crippen LogP contribution in [0.2, 0.25) is 0 Å². The van der Waals surface area contributed by atoms with Crippen LogP contribution in [0.4, 0.5) is 4.39 Å². The Bertz CT molecular complexity index is 547. The zero-order valence-corrected chi connectivity index (χ0v) is 9.44. The van der Waals surface area contributed by atoms with Crippen molar-refractivity contribution < 1.29 is 14.0 Å². The minimum absolute atomic E-state index is 0.122. The monoisotopic (exact) mass is 246 g/mol. The summed E-state index contributed by atoms with van der Waals surface area (Å²) in [6, 6.07) is 8.49. The van der Waals surface area contributed by atoms with Crippen molar-refractivity contribution in [3.05, 3.63) is 59.7 Å². The molecule has 0 bridgehead atoms. The molecule has 18 heavy (non-hydrogen) atoms. The molecule has 0 aliphatic rings.